The van der Waals surface area contributed by atoms with Gasteiger partial charge in [0.1, 0.15) is 42.3 Å². The van der Waals surface area contributed by atoms with E-state index in [4.69, 9.17) is 33.2 Å². The Morgan fingerprint density at radius 3 is 2.26 bits per heavy atom. The molecule has 440 valence electrons. The van der Waals surface area contributed by atoms with Crippen LogP contribution in [0.15, 0.2) is 36.7 Å². The number of aromatic nitrogens is 6. The molecular weight excluding hydrogens is 1010 g/mol. The first-order chi connectivity index (χ1) is 36.7. The first kappa shape index (κ1) is 63.1. The molecule has 3 aromatic rings. The van der Waals surface area contributed by atoms with Gasteiger partial charge in [0.2, 0.25) is 0 Å². The molecule has 18 atom stereocenters. The number of rotatable bonds is 18. The summed E-state index contributed by atoms with van der Waals surface area (Å²) in [4.78, 5) is 29.7. The van der Waals surface area contributed by atoms with Crippen molar-refractivity contribution >= 4 is 11.9 Å². The van der Waals surface area contributed by atoms with Crippen molar-refractivity contribution in [1.82, 2.24) is 39.8 Å². The molecule has 2 aromatic heterocycles. The molecule has 0 unspecified atom stereocenters. The van der Waals surface area contributed by atoms with Gasteiger partial charge in [0.25, 0.3) is 0 Å². The molecule has 0 radical (unpaired) electrons. The second kappa shape index (κ2) is 27.2. The zero-order valence-electron chi connectivity index (χ0n) is 48.6. The predicted octanol–water partition coefficient (Wildman–Crippen LogP) is 3.77. The number of hydrogen-bond acceptors (Lipinski definition) is 20. The summed E-state index contributed by atoms with van der Waals surface area (Å²) in [6.07, 6.45) is -2.06. The van der Waals surface area contributed by atoms with E-state index in [2.05, 4.69) is 37.7 Å². The van der Waals surface area contributed by atoms with E-state index in [-0.39, 0.29) is 43.9 Å². The third kappa shape index (κ3) is 15.7. The van der Waals surface area contributed by atoms with Crippen molar-refractivity contribution in [2.45, 2.75) is 231 Å². The first-order valence-electron chi connectivity index (χ1n) is 28.0. The predicted molar refractivity (Wildman–Crippen MR) is 287 cm³/mol. The smallest absolute Gasteiger partial charge is 0.311 e. The summed E-state index contributed by atoms with van der Waals surface area (Å²) in [5, 5.41) is 76.9. The number of likely N-dealkylation sites (N-methyl/N-ethyl adjacent to an activating group) is 2. The summed E-state index contributed by atoms with van der Waals surface area (Å²) in [7, 11) is 5.29. The number of aliphatic hydroxyl groups is 5. The molecule has 0 amide bonds. The van der Waals surface area contributed by atoms with Crippen molar-refractivity contribution in [1.29, 1.82) is 0 Å². The fraction of sp³-hybridized carbons (Fsp3) is 0.786. The minimum atomic E-state index is -1.84. The minimum Gasteiger partial charge on any atom is -0.459 e. The average molecular weight is 1100 g/mol. The van der Waals surface area contributed by atoms with Crippen molar-refractivity contribution in [2.24, 2.45) is 17.8 Å². The van der Waals surface area contributed by atoms with Crippen LogP contribution in [-0.2, 0) is 68.7 Å². The number of carbonyl (C=O) groups is 2. The molecule has 0 aliphatic carbocycles. The van der Waals surface area contributed by atoms with Crippen LogP contribution < -0.4 is 0 Å². The summed E-state index contributed by atoms with van der Waals surface area (Å²) in [6, 6.07) is 7.12. The Morgan fingerprint density at radius 2 is 1.59 bits per heavy atom. The van der Waals surface area contributed by atoms with Gasteiger partial charge in [-0.25, -0.2) is 4.68 Å². The molecule has 6 rings (SSSR count). The fourth-order valence-corrected chi connectivity index (χ4v) is 11.8. The van der Waals surface area contributed by atoms with E-state index in [9.17, 15) is 35.1 Å². The Labute approximate surface area is 461 Å². The lowest BCUT2D eigenvalue weighted by atomic mass is 9.77. The van der Waals surface area contributed by atoms with E-state index in [1.165, 1.54) is 26.5 Å². The molecule has 22 heteroatoms. The van der Waals surface area contributed by atoms with Gasteiger partial charge in [0.05, 0.1) is 59.1 Å². The summed E-state index contributed by atoms with van der Waals surface area (Å²) in [5.74, 6) is -3.16. The molecule has 3 aliphatic rings. The Morgan fingerprint density at radius 1 is 0.897 bits per heavy atom. The number of aliphatic hydroxyl groups excluding tert-OH is 3. The fourth-order valence-electron chi connectivity index (χ4n) is 11.8. The highest BCUT2D eigenvalue weighted by molar-refractivity contribution is 5.73. The van der Waals surface area contributed by atoms with E-state index in [0.29, 0.717) is 38.2 Å². The molecule has 78 heavy (non-hydrogen) atoms. The Balaban J connectivity index is 1.15. The van der Waals surface area contributed by atoms with Crippen LogP contribution in [0.1, 0.15) is 132 Å². The first-order valence-corrected chi connectivity index (χ1v) is 28.0. The van der Waals surface area contributed by atoms with Crippen LogP contribution in [0, 0.1) is 17.8 Å². The van der Waals surface area contributed by atoms with Gasteiger partial charge in [0.15, 0.2) is 12.6 Å². The summed E-state index contributed by atoms with van der Waals surface area (Å²) >= 11 is 0. The molecule has 3 saturated heterocycles. The van der Waals surface area contributed by atoms with Crippen molar-refractivity contribution in [2.75, 3.05) is 34.3 Å². The van der Waals surface area contributed by atoms with Crippen LogP contribution in [-0.4, -0.2) is 202 Å². The lowest BCUT2D eigenvalue weighted by Crippen LogP contribution is -2.61. The molecule has 3 fully saturated rings. The molecule has 3 aliphatic heterocycles. The van der Waals surface area contributed by atoms with Crippen LogP contribution in [0.3, 0.4) is 0 Å². The highest BCUT2D eigenvalue weighted by atomic mass is 16.7. The van der Waals surface area contributed by atoms with Crippen molar-refractivity contribution < 1.29 is 68.3 Å². The highest BCUT2D eigenvalue weighted by Gasteiger charge is 2.53. The van der Waals surface area contributed by atoms with Crippen LogP contribution >= 0.6 is 0 Å². The van der Waals surface area contributed by atoms with E-state index < -0.39 is 102 Å². The number of carbonyl (C=O) groups excluding carboxylic acids is 2. The van der Waals surface area contributed by atoms with E-state index in [1.54, 1.807) is 52.4 Å². The molecule has 0 saturated carbocycles. The zero-order valence-corrected chi connectivity index (χ0v) is 48.6. The van der Waals surface area contributed by atoms with E-state index in [0.717, 1.165) is 30.6 Å². The number of methoxy groups -OCH3 is 1. The lowest BCUT2D eigenvalue weighted by molar-refractivity contribution is -0.318. The molecular formula is C56H92N8O14. The zero-order chi connectivity index (χ0) is 57.4. The maximum atomic E-state index is 14.5. The standard InChI is InChI=1S/C56H92N8O14/c1-15-45-56(11,71)49(67)37(6)62(13)29-33(2)27-54(9,70)51(35(4)48(36(5)52(69)76-45)77-46-28-55(10,72-14)50(68)38(7)75-46)78-53-47(66)44(26-34(3)74-53)61(12)25-23-41-30-63(59-57-41)24-17-16-18-40-19-21-43(22-20-40)64-31-42(58-60-64)32-73-39(8)65/h19-22,30-31,33-38,44-51,53,66-68,70-71H,15-18,23-29,32H2,1-14H3/t33-,34-,35+,36-,37-,38+,44+,45-,46+,47-,48+,49-,50+,51-,53+,54-,55-,56-/m1/s1. The van der Waals surface area contributed by atoms with Crippen LogP contribution in [0.4, 0.5) is 0 Å². The van der Waals surface area contributed by atoms with Crippen molar-refractivity contribution in [3.05, 3.63) is 53.6 Å². The molecule has 1 aromatic carbocycles. The quantitative estimate of drug-likeness (QED) is 0.0896. The van der Waals surface area contributed by atoms with Gasteiger partial charge in [-0.3, -0.25) is 14.3 Å². The molecule has 22 nitrogen and oxygen atoms in total. The maximum Gasteiger partial charge on any atom is 0.311 e. The number of unbranched alkanes of at least 4 members (excludes halogenated alkanes) is 1. The number of nitrogens with zero attached hydrogens (tertiary/aromatic N) is 8. The molecule has 5 N–H and O–H groups in total. The summed E-state index contributed by atoms with van der Waals surface area (Å²) < 4.78 is 46.9. The summed E-state index contributed by atoms with van der Waals surface area (Å²) in [6.45, 7) is 20.7. The number of cyclic esters (lactones) is 1. The third-order valence-electron chi connectivity index (χ3n) is 16.7. The monoisotopic (exact) mass is 1100 g/mol. The van der Waals surface area contributed by atoms with Crippen LogP contribution in [0.5, 0.6) is 0 Å². The average Bonchev–Trinajstić information content (AvgIpc) is 4.08. The second-order valence-electron chi connectivity index (χ2n) is 23.5. The van der Waals surface area contributed by atoms with E-state index in [1.807, 2.05) is 62.8 Å². The molecule has 0 spiro atoms. The van der Waals surface area contributed by atoms with Gasteiger partial charge in [0, 0.05) is 70.7 Å². The van der Waals surface area contributed by atoms with Crippen LogP contribution in [0.2, 0.25) is 0 Å². The van der Waals surface area contributed by atoms with Gasteiger partial charge < -0.3 is 68.5 Å². The normalized spacial score (nSPS) is 36.9. The van der Waals surface area contributed by atoms with E-state index >= 15 is 0 Å². The number of ether oxygens (including phenoxy) is 7. The van der Waals surface area contributed by atoms with Gasteiger partial charge in [-0.05, 0) is 125 Å². The van der Waals surface area contributed by atoms with Crippen molar-refractivity contribution in [3.8, 4) is 5.69 Å². The number of esters is 2. The van der Waals surface area contributed by atoms with Gasteiger partial charge in [-0.15, -0.1) is 10.2 Å². The highest BCUT2D eigenvalue weighted by Crippen LogP contribution is 2.40. The number of hydrogen-bond donors (Lipinski definition) is 5. The van der Waals surface area contributed by atoms with Crippen LogP contribution in [0.25, 0.3) is 5.69 Å². The minimum absolute atomic E-state index is 0.0761. The number of benzene rings is 1. The van der Waals surface area contributed by atoms with Gasteiger partial charge in [-0.2, -0.15) is 0 Å². The Hall–Kier alpha value is -4.04. The van der Waals surface area contributed by atoms with Gasteiger partial charge in [-0.1, -0.05) is 43.3 Å². The SMILES string of the molecule is CC[C@H]1OC(=O)[C@H](C)[C@@H](O[C@H]2C[C@@](C)(OC)[C@@H](O)[C@H](C)O2)[C@H](C)[C@@H](O[C@@H]2O[C@H](C)C[C@H](N(C)CCc3cn(CCCCc4ccc(-n5cc(COC(C)=O)nn5)cc4)nn3)[C@H]2O)[C@](C)(O)C[C@@H](C)CN(C)[C@H](C)[C@@H](O)[C@]1(C)O. The Bertz CT molecular complexity index is 2350. The van der Waals surface area contributed by atoms with Crippen molar-refractivity contribution in [3.63, 3.8) is 0 Å². The molecule has 5 heterocycles. The second-order valence-corrected chi connectivity index (χ2v) is 23.5. The topological polar surface area (TPSA) is 268 Å². The molecule has 0 bridgehead atoms. The van der Waals surface area contributed by atoms with Gasteiger partial charge >= 0.3 is 11.9 Å². The third-order valence-corrected chi connectivity index (χ3v) is 16.7. The maximum absolute atomic E-state index is 14.5. The summed E-state index contributed by atoms with van der Waals surface area (Å²) in [5.41, 5.74) is -1.10. The Kier molecular flexibility index (Phi) is 22.0. The lowest BCUT2D eigenvalue weighted by Gasteiger charge is -2.49. The number of aryl methyl sites for hydroxylation is 2. The largest absolute Gasteiger partial charge is 0.459 e.